The van der Waals surface area contributed by atoms with Crippen LogP contribution in [0.2, 0.25) is 0 Å². The summed E-state index contributed by atoms with van der Waals surface area (Å²) in [6.07, 6.45) is 3.45. The minimum absolute atomic E-state index is 0.737. The van der Waals surface area contributed by atoms with Crippen LogP contribution in [-0.2, 0) is 0 Å². The van der Waals surface area contributed by atoms with Gasteiger partial charge in [-0.3, -0.25) is 4.98 Å². The van der Waals surface area contributed by atoms with Crippen LogP contribution >= 0.6 is 0 Å². The number of hydrogen-bond donors (Lipinski definition) is 1. The average molecular weight is 260 g/mol. The fourth-order valence-corrected chi connectivity index (χ4v) is 1.81. The lowest BCUT2D eigenvalue weighted by molar-refractivity contribution is 0.425. The molecule has 0 saturated carbocycles. The van der Waals surface area contributed by atoms with Crippen molar-refractivity contribution in [3.05, 3.63) is 29.8 Å². The molecule has 2 aromatic rings. The third-order valence-corrected chi connectivity index (χ3v) is 2.71. The summed E-state index contributed by atoms with van der Waals surface area (Å²) in [5.74, 6) is 1.51. The van der Waals surface area contributed by atoms with Gasteiger partial charge in [-0.25, -0.2) is 9.67 Å². The van der Waals surface area contributed by atoms with Crippen molar-refractivity contribution in [2.24, 2.45) is 0 Å². The second kappa shape index (κ2) is 5.79. The molecule has 0 radical (unpaired) electrons. The lowest BCUT2D eigenvalue weighted by Crippen LogP contribution is -2.21. The van der Waals surface area contributed by atoms with E-state index in [9.17, 15) is 0 Å². The number of likely N-dealkylation sites (N-methyl/N-ethyl adjacent to an activating group) is 1. The molecule has 2 heterocycles. The highest BCUT2D eigenvalue weighted by atomic mass is 15.3. The van der Waals surface area contributed by atoms with Crippen LogP contribution in [0.15, 0.2) is 18.5 Å². The van der Waals surface area contributed by atoms with E-state index in [0.29, 0.717) is 0 Å². The van der Waals surface area contributed by atoms with Crippen LogP contribution in [0.1, 0.15) is 11.4 Å². The first kappa shape index (κ1) is 13.5. The maximum Gasteiger partial charge on any atom is 0.174 e. The van der Waals surface area contributed by atoms with Gasteiger partial charge < -0.3 is 10.2 Å². The van der Waals surface area contributed by atoms with Gasteiger partial charge >= 0.3 is 0 Å². The molecule has 0 unspecified atom stereocenters. The monoisotopic (exact) mass is 260 g/mol. The summed E-state index contributed by atoms with van der Waals surface area (Å²) in [5, 5.41) is 7.66. The van der Waals surface area contributed by atoms with Gasteiger partial charge in [-0.15, -0.1) is 0 Å². The van der Waals surface area contributed by atoms with E-state index in [1.807, 2.05) is 34.0 Å². The molecule has 0 amide bonds. The van der Waals surface area contributed by atoms with E-state index in [2.05, 4.69) is 25.3 Å². The third-order valence-electron chi connectivity index (χ3n) is 2.71. The Kier molecular flexibility index (Phi) is 4.11. The lowest BCUT2D eigenvalue weighted by Gasteiger charge is -2.11. The highest BCUT2D eigenvalue weighted by Crippen LogP contribution is 2.10. The van der Waals surface area contributed by atoms with Crippen molar-refractivity contribution in [3.63, 3.8) is 0 Å². The molecule has 102 valence electrons. The lowest BCUT2D eigenvalue weighted by atomic mass is 10.4. The fraction of sp³-hybridized carbons (Fsp3) is 0.462. The fourth-order valence-electron chi connectivity index (χ4n) is 1.81. The molecule has 2 aromatic heterocycles. The van der Waals surface area contributed by atoms with Crippen LogP contribution < -0.4 is 5.32 Å². The van der Waals surface area contributed by atoms with E-state index >= 15 is 0 Å². The average Bonchev–Trinajstić information content (AvgIpc) is 2.68. The Labute approximate surface area is 113 Å². The summed E-state index contributed by atoms with van der Waals surface area (Å²) in [6.45, 7) is 5.76. The second-order valence-electron chi connectivity index (χ2n) is 4.83. The van der Waals surface area contributed by atoms with Crippen LogP contribution in [0.4, 0.5) is 5.82 Å². The van der Waals surface area contributed by atoms with E-state index < -0.39 is 0 Å². The molecule has 0 spiro atoms. The van der Waals surface area contributed by atoms with Gasteiger partial charge in [0.15, 0.2) is 5.82 Å². The summed E-state index contributed by atoms with van der Waals surface area (Å²) in [6, 6.07) is 2.02. The summed E-state index contributed by atoms with van der Waals surface area (Å²) >= 11 is 0. The van der Waals surface area contributed by atoms with E-state index in [-0.39, 0.29) is 0 Å². The van der Waals surface area contributed by atoms with Crippen molar-refractivity contribution < 1.29 is 0 Å². The number of rotatable bonds is 5. The molecule has 19 heavy (non-hydrogen) atoms. The van der Waals surface area contributed by atoms with Crippen LogP contribution in [0, 0.1) is 13.8 Å². The zero-order valence-corrected chi connectivity index (χ0v) is 11.9. The predicted octanol–water partition coefficient (Wildman–Crippen LogP) is 1.25. The Balaban J connectivity index is 2.13. The molecule has 0 aliphatic rings. The molecule has 1 N–H and O–H groups in total. The van der Waals surface area contributed by atoms with Gasteiger partial charge in [0.1, 0.15) is 5.82 Å². The number of nitrogens with one attached hydrogen (secondary N) is 1. The number of anilines is 1. The molecule has 0 fully saturated rings. The van der Waals surface area contributed by atoms with Gasteiger partial charge in [-0.1, -0.05) is 0 Å². The molecule has 0 aliphatic heterocycles. The van der Waals surface area contributed by atoms with Crippen molar-refractivity contribution >= 4 is 5.82 Å². The third kappa shape index (κ3) is 3.51. The first-order chi connectivity index (χ1) is 9.06. The Bertz CT molecular complexity index is 546. The summed E-state index contributed by atoms with van der Waals surface area (Å²) in [5.41, 5.74) is 2.03. The molecule has 0 bridgehead atoms. The van der Waals surface area contributed by atoms with Crippen molar-refractivity contribution in [2.75, 3.05) is 32.5 Å². The quantitative estimate of drug-likeness (QED) is 0.877. The Hall–Kier alpha value is -1.95. The van der Waals surface area contributed by atoms with Gasteiger partial charge in [0.25, 0.3) is 0 Å². The van der Waals surface area contributed by atoms with Crippen LogP contribution in [0.5, 0.6) is 0 Å². The summed E-state index contributed by atoms with van der Waals surface area (Å²) < 4.78 is 1.81. The molecule has 0 saturated heterocycles. The number of aryl methyl sites for hydroxylation is 2. The Morgan fingerprint density at radius 1 is 1.26 bits per heavy atom. The van der Waals surface area contributed by atoms with Crippen molar-refractivity contribution in [2.45, 2.75) is 13.8 Å². The highest BCUT2D eigenvalue weighted by molar-refractivity contribution is 5.36. The first-order valence-electron chi connectivity index (χ1n) is 6.30. The number of nitrogens with zero attached hydrogens (tertiary/aromatic N) is 5. The second-order valence-corrected chi connectivity index (χ2v) is 4.83. The zero-order valence-electron chi connectivity index (χ0n) is 11.9. The molecule has 6 heteroatoms. The van der Waals surface area contributed by atoms with Crippen molar-refractivity contribution in [1.29, 1.82) is 0 Å². The van der Waals surface area contributed by atoms with Crippen LogP contribution in [0.25, 0.3) is 5.82 Å². The predicted molar refractivity (Wildman–Crippen MR) is 75.7 cm³/mol. The maximum absolute atomic E-state index is 4.52. The van der Waals surface area contributed by atoms with E-state index in [0.717, 1.165) is 36.1 Å². The summed E-state index contributed by atoms with van der Waals surface area (Å²) in [7, 11) is 4.08. The van der Waals surface area contributed by atoms with Gasteiger partial charge in [-0.2, -0.15) is 5.10 Å². The number of aromatic nitrogens is 4. The van der Waals surface area contributed by atoms with E-state index in [1.54, 1.807) is 17.1 Å². The minimum Gasteiger partial charge on any atom is -0.367 e. The smallest absolute Gasteiger partial charge is 0.174 e. The molecule has 0 aromatic carbocycles. The normalized spacial score (nSPS) is 11.0. The SMILES string of the molecule is Cc1cc(C)n(-c2cncc(NCCN(C)C)n2)n1. The first-order valence-corrected chi connectivity index (χ1v) is 6.30. The topological polar surface area (TPSA) is 58.9 Å². The molecular weight excluding hydrogens is 240 g/mol. The van der Waals surface area contributed by atoms with Gasteiger partial charge in [-0.05, 0) is 34.0 Å². The van der Waals surface area contributed by atoms with Gasteiger partial charge in [0.05, 0.1) is 18.1 Å². The van der Waals surface area contributed by atoms with Gasteiger partial charge in [0, 0.05) is 18.8 Å². The highest BCUT2D eigenvalue weighted by Gasteiger charge is 2.06. The zero-order chi connectivity index (χ0) is 13.8. The molecular formula is C13H20N6. The molecule has 2 rings (SSSR count). The Morgan fingerprint density at radius 2 is 2.05 bits per heavy atom. The number of hydrogen-bond acceptors (Lipinski definition) is 5. The molecule has 0 aliphatic carbocycles. The van der Waals surface area contributed by atoms with Gasteiger partial charge in [0.2, 0.25) is 0 Å². The minimum atomic E-state index is 0.737. The summed E-state index contributed by atoms with van der Waals surface area (Å²) in [4.78, 5) is 10.8. The van der Waals surface area contributed by atoms with E-state index in [4.69, 9.17) is 0 Å². The van der Waals surface area contributed by atoms with Crippen LogP contribution in [-0.4, -0.2) is 51.8 Å². The molecule has 6 nitrogen and oxygen atoms in total. The van der Waals surface area contributed by atoms with Crippen LogP contribution in [0.3, 0.4) is 0 Å². The van der Waals surface area contributed by atoms with Crippen molar-refractivity contribution in [3.8, 4) is 5.82 Å². The molecule has 0 atom stereocenters. The van der Waals surface area contributed by atoms with E-state index in [1.165, 1.54) is 0 Å². The maximum atomic E-state index is 4.52. The largest absolute Gasteiger partial charge is 0.367 e. The standard InChI is InChI=1S/C13H20N6/c1-10-7-11(2)19(17-10)13-9-14-8-12(16-13)15-5-6-18(3)4/h7-9H,5-6H2,1-4H3,(H,15,16). The Morgan fingerprint density at radius 3 is 2.68 bits per heavy atom. The van der Waals surface area contributed by atoms with Crippen molar-refractivity contribution in [1.82, 2.24) is 24.6 Å².